The summed E-state index contributed by atoms with van der Waals surface area (Å²) in [5.74, 6) is -0.260. The van der Waals surface area contributed by atoms with Gasteiger partial charge < -0.3 is 30.7 Å². The van der Waals surface area contributed by atoms with Crippen molar-refractivity contribution in [1.82, 2.24) is 9.55 Å². The van der Waals surface area contributed by atoms with Crippen molar-refractivity contribution in [2.75, 3.05) is 46.6 Å². The SMILES string of the molecule is Cc1c(NC(=O)c2ccc(N3CCCCC3)cc2)cccc1-c1cn(C)c(=O)c(Nc2ccc(N3CCC(C(N)=O)CC3)cc2)n1. The molecule has 4 N–H and O–H groups in total. The van der Waals surface area contributed by atoms with Gasteiger partial charge in [-0.05, 0) is 99.2 Å². The molecule has 0 unspecified atom stereocenters. The Bertz CT molecular complexity index is 1770. The lowest BCUT2D eigenvalue weighted by molar-refractivity contribution is -0.122. The average Bonchev–Trinajstić information content (AvgIpc) is 3.08. The van der Waals surface area contributed by atoms with Crippen molar-refractivity contribution in [2.45, 2.75) is 39.0 Å². The number of primary amides is 1. The molecule has 1 aromatic heterocycles. The molecule has 10 heteroatoms. The van der Waals surface area contributed by atoms with Gasteiger partial charge in [-0.15, -0.1) is 0 Å². The molecule has 6 rings (SSSR count). The molecule has 46 heavy (non-hydrogen) atoms. The van der Waals surface area contributed by atoms with E-state index in [9.17, 15) is 14.4 Å². The number of hydrogen-bond donors (Lipinski definition) is 3. The smallest absolute Gasteiger partial charge is 0.293 e. The van der Waals surface area contributed by atoms with Crippen LogP contribution in [-0.2, 0) is 11.8 Å². The standard InChI is InChI=1S/C36H41N7O3/c1-24-30(7-6-8-31(24)40-35(45)26-9-13-28(14-10-26)42-19-4-3-5-20-42)32-23-41(2)36(46)34(39-32)38-27-11-15-29(16-12-27)43-21-17-25(18-22-43)33(37)44/h6-16,23,25H,3-5,17-22H2,1-2H3,(H2,37,44)(H,38,39)(H,40,45). The van der Waals surface area contributed by atoms with Crippen molar-refractivity contribution in [1.29, 1.82) is 0 Å². The maximum atomic E-state index is 13.2. The molecule has 2 aliphatic heterocycles. The molecule has 0 saturated carbocycles. The predicted octanol–water partition coefficient (Wildman–Crippen LogP) is 5.44. The first-order chi connectivity index (χ1) is 22.3. The zero-order valence-corrected chi connectivity index (χ0v) is 26.5. The summed E-state index contributed by atoms with van der Waals surface area (Å²) in [5.41, 5.74) is 11.7. The quantitative estimate of drug-likeness (QED) is 0.240. The second-order valence-corrected chi connectivity index (χ2v) is 12.3. The van der Waals surface area contributed by atoms with Gasteiger partial charge in [-0.3, -0.25) is 14.4 Å². The monoisotopic (exact) mass is 619 g/mol. The van der Waals surface area contributed by atoms with Crippen molar-refractivity contribution in [2.24, 2.45) is 18.7 Å². The molecule has 0 atom stereocenters. The zero-order chi connectivity index (χ0) is 32.2. The van der Waals surface area contributed by atoms with E-state index in [0.717, 1.165) is 67.2 Å². The van der Waals surface area contributed by atoms with E-state index in [1.165, 1.54) is 23.8 Å². The lowest BCUT2D eigenvalue weighted by Crippen LogP contribution is -2.38. The number of carbonyl (C=O) groups excluding carboxylic acids is 2. The molecule has 238 valence electrons. The van der Waals surface area contributed by atoms with E-state index in [-0.39, 0.29) is 29.1 Å². The van der Waals surface area contributed by atoms with Gasteiger partial charge in [-0.25, -0.2) is 4.98 Å². The minimum Gasteiger partial charge on any atom is -0.372 e. The molecule has 2 amide bonds. The Hall–Kier alpha value is -5.12. The fourth-order valence-electron chi connectivity index (χ4n) is 6.35. The van der Waals surface area contributed by atoms with Crippen LogP contribution in [0.2, 0.25) is 0 Å². The van der Waals surface area contributed by atoms with Gasteiger partial charge in [0.05, 0.1) is 5.69 Å². The number of nitrogens with zero attached hydrogens (tertiary/aromatic N) is 4. The highest BCUT2D eigenvalue weighted by Crippen LogP contribution is 2.29. The summed E-state index contributed by atoms with van der Waals surface area (Å²) in [6.07, 6.45) is 6.88. The highest BCUT2D eigenvalue weighted by atomic mass is 16.2. The molecule has 10 nitrogen and oxygen atoms in total. The number of aryl methyl sites for hydroxylation is 1. The molecule has 0 radical (unpaired) electrons. The fourth-order valence-corrected chi connectivity index (χ4v) is 6.35. The van der Waals surface area contributed by atoms with Crippen LogP contribution in [0, 0.1) is 12.8 Å². The van der Waals surface area contributed by atoms with Gasteiger partial charge in [0.25, 0.3) is 11.5 Å². The summed E-state index contributed by atoms with van der Waals surface area (Å²) in [4.78, 5) is 47.1. The van der Waals surface area contributed by atoms with Crippen LogP contribution >= 0.6 is 0 Å². The molecule has 0 spiro atoms. The summed E-state index contributed by atoms with van der Waals surface area (Å²) in [5, 5.41) is 6.26. The second-order valence-electron chi connectivity index (χ2n) is 12.3. The summed E-state index contributed by atoms with van der Waals surface area (Å²) in [6.45, 7) is 5.60. The molecule has 2 aliphatic rings. The largest absolute Gasteiger partial charge is 0.372 e. The van der Waals surface area contributed by atoms with Crippen molar-refractivity contribution < 1.29 is 9.59 Å². The molecular weight excluding hydrogens is 578 g/mol. The Morgan fingerprint density at radius 1 is 0.848 bits per heavy atom. The first kappa shape index (κ1) is 30.9. The van der Waals surface area contributed by atoms with E-state index in [2.05, 4.69) is 20.4 Å². The number of aromatic nitrogens is 2. The second kappa shape index (κ2) is 13.5. The van der Waals surface area contributed by atoms with E-state index in [1.54, 1.807) is 13.2 Å². The lowest BCUT2D eigenvalue weighted by Gasteiger charge is -2.32. The van der Waals surface area contributed by atoms with Crippen LogP contribution in [0.15, 0.2) is 77.7 Å². The first-order valence-corrected chi connectivity index (χ1v) is 16.0. The minimum absolute atomic E-state index is 0.0612. The third kappa shape index (κ3) is 6.75. The van der Waals surface area contributed by atoms with Crippen LogP contribution in [0.4, 0.5) is 28.6 Å². The number of carbonyl (C=O) groups is 2. The molecule has 0 aliphatic carbocycles. The zero-order valence-electron chi connectivity index (χ0n) is 26.5. The normalized spacial score (nSPS) is 15.4. The van der Waals surface area contributed by atoms with Crippen LogP contribution < -0.4 is 31.7 Å². The fraction of sp³-hybridized carbons (Fsp3) is 0.333. The highest BCUT2D eigenvalue weighted by Gasteiger charge is 2.23. The minimum atomic E-state index is -0.253. The van der Waals surface area contributed by atoms with Crippen LogP contribution in [-0.4, -0.2) is 47.5 Å². The van der Waals surface area contributed by atoms with Crippen molar-refractivity contribution in [3.8, 4) is 11.3 Å². The third-order valence-corrected chi connectivity index (χ3v) is 9.17. The van der Waals surface area contributed by atoms with Crippen LogP contribution in [0.3, 0.4) is 0 Å². The number of amides is 2. The molecule has 2 saturated heterocycles. The Labute approximate surface area is 269 Å². The number of anilines is 5. The van der Waals surface area contributed by atoms with E-state index in [1.807, 2.05) is 73.7 Å². The molecule has 3 heterocycles. The number of hydrogen-bond acceptors (Lipinski definition) is 7. The molecule has 0 bridgehead atoms. The number of piperidine rings is 2. The van der Waals surface area contributed by atoms with E-state index in [4.69, 9.17) is 10.7 Å². The average molecular weight is 620 g/mol. The van der Waals surface area contributed by atoms with Gasteiger partial charge >= 0.3 is 0 Å². The summed E-state index contributed by atoms with van der Waals surface area (Å²) in [6, 6.07) is 21.3. The van der Waals surface area contributed by atoms with Gasteiger partial charge in [0.15, 0.2) is 5.82 Å². The lowest BCUT2D eigenvalue weighted by atomic mass is 9.96. The third-order valence-electron chi connectivity index (χ3n) is 9.17. The predicted molar refractivity (Wildman–Crippen MR) is 184 cm³/mol. The molecule has 4 aromatic rings. The Morgan fingerprint density at radius 2 is 1.48 bits per heavy atom. The Morgan fingerprint density at radius 3 is 2.13 bits per heavy atom. The summed E-state index contributed by atoms with van der Waals surface area (Å²) in [7, 11) is 1.70. The topological polar surface area (TPSA) is 126 Å². The van der Waals surface area contributed by atoms with Gasteiger partial charge in [0.2, 0.25) is 5.91 Å². The summed E-state index contributed by atoms with van der Waals surface area (Å²) < 4.78 is 1.51. The maximum absolute atomic E-state index is 13.2. The van der Waals surface area contributed by atoms with E-state index >= 15 is 0 Å². The van der Waals surface area contributed by atoms with Crippen molar-refractivity contribution in [3.05, 3.63) is 94.4 Å². The van der Waals surface area contributed by atoms with Gasteiger partial charge in [0, 0.05) is 79.2 Å². The van der Waals surface area contributed by atoms with Gasteiger partial charge in [0.1, 0.15) is 0 Å². The first-order valence-electron chi connectivity index (χ1n) is 16.0. The number of nitrogens with two attached hydrogens (primary N) is 1. The summed E-state index contributed by atoms with van der Waals surface area (Å²) >= 11 is 0. The number of rotatable bonds is 8. The van der Waals surface area contributed by atoms with E-state index < -0.39 is 0 Å². The van der Waals surface area contributed by atoms with Crippen molar-refractivity contribution in [3.63, 3.8) is 0 Å². The molecule has 2 fully saturated rings. The van der Waals surface area contributed by atoms with Gasteiger partial charge in [-0.1, -0.05) is 12.1 Å². The van der Waals surface area contributed by atoms with E-state index in [0.29, 0.717) is 16.9 Å². The number of benzene rings is 3. The highest BCUT2D eigenvalue weighted by molar-refractivity contribution is 6.05. The maximum Gasteiger partial charge on any atom is 0.293 e. The molecule has 3 aromatic carbocycles. The van der Waals surface area contributed by atoms with Crippen LogP contribution in [0.1, 0.15) is 48.0 Å². The van der Waals surface area contributed by atoms with Crippen LogP contribution in [0.5, 0.6) is 0 Å². The number of nitrogens with one attached hydrogen (secondary N) is 2. The Balaban J connectivity index is 1.16. The Kier molecular flexibility index (Phi) is 9.05. The van der Waals surface area contributed by atoms with Crippen molar-refractivity contribution >= 4 is 40.4 Å². The molecular formula is C36H41N7O3. The van der Waals surface area contributed by atoms with Gasteiger partial charge in [-0.2, -0.15) is 0 Å². The van der Waals surface area contributed by atoms with Crippen LogP contribution in [0.25, 0.3) is 11.3 Å².